The lowest BCUT2D eigenvalue weighted by molar-refractivity contribution is 0.0696. The third-order valence-corrected chi connectivity index (χ3v) is 7.40. The van der Waals surface area contributed by atoms with Crippen molar-refractivity contribution in [3.63, 3.8) is 0 Å². The van der Waals surface area contributed by atoms with E-state index in [-0.39, 0.29) is 26.7 Å². The van der Waals surface area contributed by atoms with Crippen molar-refractivity contribution in [2.75, 3.05) is 0 Å². The maximum absolute atomic E-state index is 14.3. The van der Waals surface area contributed by atoms with Crippen molar-refractivity contribution in [2.24, 2.45) is 0 Å². The normalized spacial score (nSPS) is 11.9. The van der Waals surface area contributed by atoms with E-state index in [1.165, 1.54) is 48.5 Å². The summed E-state index contributed by atoms with van der Waals surface area (Å²) < 4.78 is 57.5. The van der Waals surface area contributed by atoms with Crippen molar-refractivity contribution in [3.8, 4) is 5.69 Å². The fourth-order valence-electron chi connectivity index (χ4n) is 4.00. The zero-order valence-electron chi connectivity index (χ0n) is 18.1. The molecule has 0 amide bonds. The van der Waals surface area contributed by atoms with Crippen molar-refractivity contribution in [1.82, 2.24) is 4.57 Å². The Hall–Kier alpha value is -3.52. The third kappa shape index (κ3) is 3.80. The molecule has 170 valence electrons. The number of hydrogen-bond acceptors (Lipinski definition) is 3. The molecule has 5 nitrogen and oxygen atoms in total. The quantitative estimate of drug-likeness (QED) is 0.397. The molecule has 1 heterocycles. The summed E-state index contributed by atoms with van der Waals surface area (Å²) in [4.78, 5) is 11.0. The van der Waals surface area contributed by atoms with E-state index in [1.807, 2.05) is 13.8 Å². The summed E-state index contributed by atoms with van der Waals surface area (Å²) in [5, 5.41) is 9.33. The number of aromatic carboxylic acids is 1. The van der Waals surface area contributed by atoms with Gasteiger partial charge >= 0.3 is 5.97 Å². The third-order valence-electron chi connectivity index (χ3n) is 5.54. The summed E-state index contributed by atoms with van der Waals surface area (Å²) in [6.45, 7) is 5.26. The Bertz CT molecular complexity index is 1500. The molecule has 0 atom stereocenters. The van der Waals surface area contributed by atoms with Crippen LogP contribution in [0.1, 0.15) is 41.4 Å². The highest BCUT2D eigenvalue weighted by Crippen LogP contribution is 2.40. The molecule has 0 saturated carbocycles. The number of halogens is 2. The van der Waals surface area contributed by atoms with Crippen molar-refractivity contribution in [1.29, 1.82) is 0 Å². The second kappa shape index (κ2) is 8.12. The molecule has 0 saturated heterocycles. The predicted molar refractivity (Wildman–Crippen MR) is 121 cm³/mol. The minimum atomic E-state index is -4.16. The molecule has 0 aliphatic carbocycles. The van der Waals surface area contributed by atoms with E-state index in [2.05, 4.69) is 0 Å². The molecular formula is C25H21F2NO4S. The van der Waals surface area contributed by atoms with Crippen molar-refractivity contribution >= 4 is 26.7 Å². The van der Waals surface area contributed by atoms with Gasteiger partial charge < -0.3 is 9.67 Å². The SMILES string of the molecule is Cc1cc(-n2c(C(C)C)c(S(=O)(=O)c3ccc(C(=O)O)cc3)c3cc(F)ccc32)ccc1F. The van der Waals surface area contributed by atoms with Gasteiger partial charge in [-0.2, -0.15) is 0 Å². The van der Waals surface area contributed by atoms with Crippen molar-refractivity contribution < 1.29 is 27.1 Å². The van der Waals surface area contributed by atoms with Gasteiger partial charge in [0.05, 0.1) is 16.0 Å². The zero-order valence-corrected chi connectivity index (χ0v) is 19.0. The standard InChI is InChI=1S/C25H21F2NO4S/c1-14(2)23-24(33(31,32)19-8-4-16(5-9-19)25(29)30)20-13-17(26)6-11-22(20)28(23)18-7-10-21(27)15(3)12-18/h4-14H,1-3H3,(H,29,30). The number of benzene rings is 3. The van der Waals surface area contributed by atoms with Gasteiger partial charge in [0.15, 0.2) is 0 Å². The van der Waals surface area contributed by atoms with Gasteiger partial charge in [-0.1, -0.05) is 13.8 Å². The van der Waals surface area contributed by atoms with Crippen LogP contribution in [0.3, 0.4) is 0 Å². The molecule has 8 heteroatoms. The number of fused-ring (bicyclic) bond motifs is 1. The van der Waals surface area contributed by atoms with Crippen LogP contribution in [0.15, 0.2) is 70.5 Å². The molecule has 4 aromatic rings. The van der Waals surface area contributed by atoms with Gasteiger partial charge in [-0.15, -0.1) is 0 Å². The average Bonchev–Trinajstić information content (AvgIpc) is 3.11. The lowest BCUT2D eigenvalue weighted by Gasteiger charge is -2.16. The topological polar surface area (TPSA) is 76.4 Å². The molecule has 0 aliphatic heterocycles. The van der Waals surface area contributed by atoms with Crippen LogP contribution in [-0.4, -0.2) is 24.1 Å². The van der Waals surface area contributed by atoms with Gasteiger partial charge in [0, 0.05) is 16.8 Å². The van der Waals surface area contributed by atoms with Gasteiger partial charge in [0.25, 0.3) is 0 Å². The molecule has 1 N–H and O–H groups in total. The molecule has 0 aliphatic rings. The number of carbonyl (C=O) groups is 1. The monoisotopic (exact) mass is 469 g/mol. The molecular weight excluding hydrogens is 448 g/mol. The number of carboxylic acid groups (broad SMARTS) is 1. The fraction of sp³-hybridized carbons (Fsp3) is 0.160. The summed E-state index contributed by atoms with van der Waals surface area (Å²) in [6, 6.07) is 13.3. The lowest BCUT2D eigenvalue weighted by Crippen LogP contribution is -2.10. The number of nitrogens with zero attached hydrogens (tertiary/aromatic N) is 1. The van der Waals surface area contributed by atoms with Crippen LogP contribution in [0.4, 0.5) is 8.78 Å². The molecule has 0 spiro atoms. The Labute approximate surface area is 189 Å². The number of sulfone groups is 1. The van der Waals surface area contributed by atoms with E-state index in [1.54, 1.807) is 23.6 Å². The van der Waals surface area contributed by atoms with Gasteiger partial charge in [0.1, 0.15) is 16.5 Å². The first-order valence-electron chi connectivity index (χ1n) is 10.2. The fourth-order valence-corrected chi connectivity index (χ4v) is 5.78. The van der Waals surface area contributed by atoms with Crippen LogP contribution >= 0.6 is 0 Å². The Kier molecular flexibility index (Phi) is 5.57. The van der Waals surface area contributed by atoms with E-state index in [0.717, 1.165) is 0 Å². The average molecular weight is 470 g/mol. The molecule has 0 bridgehead atoms. The minimum absolute atomic E-state index is 0.0479. The van der Waals surface area contributed by atoms with Gasteiger partial charge in [-0.25, -0.2) is 22.0 Å². The van der Waals surface area contributed by atoms with Crippen molar-refractivity contribution in [3.05, 3.63) is 89.1 Å². The first-order chi connectivity index (χ1) is 15.5. The predicted octanol–water partition coefficient (Wildman–Crippen LogP) is 5.87. The lowest BCUT2D eigenvalue weighted by atomic mass is 10.1. The number of carboxylic acids is 1. The molecule has 1 aromatic heterocycles. The van der Waals surface area contributed by atoms with E-state index in [9.17, 15) is 22.0 Å². The maximum Gasteiger partial charge on any atom is 0.335 e. The Morgan fingerprint density at radius 3 is 2.21 bits per heavy atom. The number of aromatic nitrogens is 1. The molecule has 0 fully saturated rings. The van der Waals surface area contributed by atoms with Gasteiger partial charge in [-0.05, 0) is 79.1 Å². The molecule has 33 heavy (non-hydrogen) atoms. The molecule has 4 rings (SSSR count). The van der Waals surface area contributed by atoms with Crippen LogP contribution in [0, 0.1) is 18.6 Å². The van der Waals surface area contributed by atoms with Gasteiger partial charge in [-0.3, -0.25) is 0 Å². The van der Waals surface area contributed by atoms with Crippen LogP contribution < -0.4 is 0 Å². The summed E-state index contributed by atoms with van der Waals surface area (Å²) >= 11 is 0. The number of rotatable bonds is 5. The van der Waals surface area contributed by atoms with E-state index < -0.39 is 27.4 Å². The molecule has 3 aromatic carbocycles. The first kappa shape index (κ1) is 22.7. The summed E-state index contributed by atoms with van der Waals surface area (Å²) in [7, 11) is -4.16. The second-order valence-electron chi connectivity index (χ2n) is 8.13. The number of aryl methyl sites for hydroxylation is 1. The Morgan fingerprint density at radius 1 is 0.970 bits per heavy atom. The van der Waals surface area contributed by atoms with Crippen LogP contribution in [0.5, 0.6) is 0 Å². The Balaban J connectivity index is 2.10. The number of hydrogen-bond donors (Lipinski definition) is 1. The van der Waals surface area contributed by atoms with E-state index in [4.69, 9.17) is 5.11 Å². The maximum atomic E-state index is 14.3. The summed E-state index contributed by atoms with van der Waals surface area (Å²) in [5.74, 6) is -2.46. The highest BCUT2D eigenvalue weighted by molar-refractivity contribution is 7.91. The highest BCUT2D eigenvalue weighted by atomic mass is 32.2. The van der Waals surface area contributed by atoms with Crippen LogP contribution in [-0.2, 0) is 9.84 Å². The van der Waals surface area contributed by atoms with Gasteiger partial charge in [0.2, 0.25) is 9.84 Å². The smallest absolute Gasteiger partial charge is 0.335 e. The van der Waals surface area contributed by atoms with Crippen LogP contribution in [0.2, 0.25) is 0 Å². The second-order valence-corrected chi connectivity index (χ2v) is 10.0. The largest absolute Gasteiger partial charge is 0.478 e. The Morgan fingerprint density at radius 2 is 1.64 bits per heavy atom. The summed E-state index contributed by atoms with van der Waals surface area (Å²) in [6.07, 6.45) is 0. The van der Waals surface area contributed by atoms with E-state index >= 15 is 0 Å². The van der Waals surface area contributed by atoms with Crippen molar-refractivity contribution in [2.45, 2.75) is 36.5 Å². The summed E-state index contributed by atoms with van der Waals surface area (Å²) in [5.41, 5.74) is 1.78. The zero-order chi connectivity index (χ0) is 24.1. The van der Waals surface area contributed by atoms with E-state index in [0.29, 0.717) is 22.5 Å². The molecule has 0 unspecified atom stereocenters. The highest BCUT2D eigenvalue weighted by Gasteiger charge is 2.31. The first-order valence-corrected chi connectivity index (χ1v) is 11.7. The van der Waals surface area contributed by atoms with Crippen LogP contribution in [0.25, 0.3) is 16.6 Å². The molecule has 0 radical (unpaired) electrons. The minimum Gasteiger partial charge on any atom is -0.478 e.